The molecule has 6 nitrogen and oxygen atoms in total. The molecule has 3 aromatic rings. The fourth-order valence-electron chi connectivity index (χ4n) is 2.46. The van der Waals surface area contributed by atoms with Crippen molar-refractivity contribution in [3.8, 4) is 0 Å². The van der Waals surface area contributed by atoms with Gasteiger partial charge in [-0.1, -0.05) is 18.2 Å². The Kier molecular flexibility index (Phi) is 3.46. The van der Waals surface area contributed by atoms with Crippen molar-refractivity contribution >= 4 is 36.5 Å². The second-order valence-electron chi connectivity index (χ2n) is 5.12. The molecule has 0 aliphatic heterocycles. The molecule has 0 saturated heterocycles. The van der Waals surface area contributed by atoms with Crippen LogP contribution in [0.25, 0.3) is 10.9 Å². The summed E-state index contributed by atoms with van der Waals surface area (Å²) in [6.07, 6.45) is 2.39. The number of benzene rings is 2. The SMILES string of the molecule is CS(=O)(=O)c1ccc(N)c2c1ccn2S(=O)(=O)c1ccccc1. The van der Waals surface area contributed by atoms with Crippen LogP contribution in [0.3, 0.4) is 0 Å². The van der Waals surface area contributed by atoms with Gasteiger partial charge in [0.05, 0.1) is 21.0 Å². The smallest absolute Gasteiger partial charge is 0.268 e. The summed E-state index contributed by atoms with van der Waals surface area (Å²) in [5, 5.41) is 0.284. The second-order valence-corrected chi connectivity index (χ2v) is 8.92. The van der Waals surface area contributed by atoms with Crippen LogP contribution in [0.1, 0.15) is 0 Å². The molecule has 0 aliphatic rings. The Morgan fingerprint density at radius 1 is 0.913 bits per heavy atom. The van der Waals surface area contributed by atoms with Crippen LogP contribution < -0.4 is 5.73 Å². The van der Waals surface area contributed by atoms with Crippen molar-refractivity contribution < 1.29 is 16.8 Å². The Balaban J connectivity index is 2.38. The number of fused-ring (bicyclic) bond motifs is 1. The third-order valence-electron chi connectivity index (χ3n) is 3.50. The molecule has 0 unspecified atom stereocenters. The van der Waals surface area contributed by atoms with Gasteiger partial charge in [0.25, 0.3) is 10.0 Å². The molecule has 1 aromatic heterocycles. The Morgan fingerprint density at radius 3 is 2.17 bits per heavy atom. The average Bonchev–Trinajstić information content (AvgIpc) is 2.93. The van der Waals surface area contributed by atoms with Crippen molar-refractivity contribution in [1.29, 1.82) is 0 Å². The van der Waals surface area contributed by atoms with Crippen molar-refractivity contribution in [2.45, 2.75) is 9.79 Å². The van der Waals surface area contributed by atoms with Gasteiger partial charge in [0, 0.05) is 17.8 Å². The highest BCUT2D eigenvalue weighted by atomic mass is 32.2. The van der Waals surface area contributed by atoms with Gasteiger partial charge in [0.1, 0.15) is 0 Å². The van der Waals surface area contributed by atoms with Gasteiger partial charge in [-0.15, -0.1) is 0 Å². The first-order chi connectivity index (χ1) is 10.7. The van der Waals surface area contributed by atoms with E-state index in [0.717, 1.165) is 10.2 Å². The van der Waals surface area contributed by atoms with Crippen molar-refractivity contribution in [2.24, 2.45) is 0 Å². The molecule has 0 bridgehead atoms. The van der Waals surface area contributed by atoms with E-state index in [9.17, 15) is 16.8 Å². The molecule has 0 spiro atoms. The maximum Gasteiger partial charge on any atom is 0.268 e. The van der Waals surface area contributed by atoms with Crippen LogP contribution in [0.2, 0.25) is 0 Å². The average molecular weight is 350 g/mol. The van der Waals surface area contributed by atoms with Crippen LogP contribution in [0.4, 0.5) is 5.69 Å². The number of aromatic nitrogens is 1. The van der Waals surface area contributed by atoms with Crippen LogP contribution in [0.15, 0.2) is 64.5 Å². The first-order valence-electron chi connectivity index (χ1n) is 6.63. The summed E-state index contributed by atoms with van der Waals surface area (Å²) < 4.78 is 50.4. The number of nitrogens with two attached hydrogens (primary N) is 1. The van der Waals surface area contributed by atoms with Crippen LogP contribution >= 0.6 is 0 Å². The molecule has 1 heterocycles. The predicted molar refractivity (Wildman–Crippen MR) is 88.5 cm³/mol. The lowest BCUT2D eigenvalue weighted by atomic mass is 10.2. The number of nitrogens with zero attached hydrogens (tertiary/aromatic N) is 1. The lowest BCUT2D eigenvalue weighted by Gasteiger charge is -2.10. The summed E-state index contributed by atoms with van der Waals surface area (Å²) >= 11 is 0. The molecular weight excluding hydrogens is 336 g/mol. The molecule has 2 N–H and O–H groups in total. The van der Waals surface area contributed by atoms with E-state index in [0.29, 0.717) is 0 Å². The fourth-order valence-corrected chi connectivity index (χ4v) is 4.73. The molecule has 0 amide bonds. The standard InChI is InChI=1S/C15H14N2O4S2/c1-22(18,19)14-8-7-13(16)15-12(14)9-10-17(15)23(20,21)11-5-3-2-4-6-11/h2-10H,16H2,1H3. The number of anilines is 1. The topological polar surface area (TPSA) is 99.2 Å². The van der Waals surface area contributed by atoms with Gasteiger partial charge in [0.2, 0.25) is 0 Å². The summed E-state index contributed by atoms with van der Waals surface area (Å²) in [6.45, 7) is 0. The molecule has 120 valence electrons. The summed E-state index contributed by atoms with van der Waals surface area (Å²) in [5.41, 5.74) is 6.26. The zero-order valence-electron chi connectivity index (χ0n) is 12.2. The highest BCUT2D eigenvalue weighted by Crippen LogP contribution is 2.31. The first-order valence-corrected chi connectivity index (χ1v) is 9.96. The van der Waals surface area contributed by atoms with Crippen LogP contribution in [-0.2, 0) is 19.9 Å². The monoisotopic (exact) mass is 350 g/mol. The number of sulfone groups is 1. The largest absolute Gasteiger partial charge is 0.397 e. The minimum atomic E-state index is -3.87. The highest BCUT2D eigenvalue weighted by molar-refractivity contribution is 7.91. The zero-order chi connectivity index (χ0) is 16.8. The molecule has 0 radical (unpaired) electrons. The van der Waals surface area contributed by atoms with Crippen LogP contribution in [0.5, 0.6) is 0 Å². The van der Waals surface area contributed by atoms with E-state index in [1.807, 2.05) is 0 Å². The first kappa shape index (κ1) is 15.6. The molecule has 0 saturated carbocycles. The van der Waals surface area contributed by atoms with E-state index in [4.69, 9.17) is 5.73 Å². The molecule has 2 aromatic carbocycles. The van der Waals surface area contributed by atoms with Gasteiger partial charge in [-0.3, -0.25) is 0 Å². The maximum atomic E-state index is 12.8. The minimum Gasteiger partial charge on any atom is -0.397 e. The summed E-state index contributed by atoms with van der Waals surface area (Å²) in [7, 11) is -7.37. The van der Waals surface area contributed by atoms with E-state index < -0.39 is 19.9 Å². The zero-order valence-corrected chi connectivity index (χ0v) is 13.8. The molecule has 0 atom stereocenters. The van der Waals surface area contributed by atoms with E-state index in [1.54, 1.807) is 18.2 Å². The molecule has 3 rings (SSSR count). The summed E-state index contributed by atoms with van der Waals surface area (Å²) in [5.74, 6) is 0. The quantitative estimate of drug-likeness (QED) is 0.727. The van der Waals surface area contributed by atoms with Gasteiger partial charge >= 0.3 is 0 Å². The number of nitrogen functional groups attached to an aromatic ring is 1. The van der Waals surface area contributed by atoms with Crippen molar-refractivity contribution in [2.75, 3.05) is 12.0 Å². The number of hydrogen-bond acceptors (Lipinski definition) is 5. The third-order valence-corrected chi connectivity index (χ3v) is 6.35. The lowest BCUT2D eigenvalue weighted by molar-refractivity contribution is 0.588. The molecule has 0 fully saturated rings. The third kappa shape index (κ3) is 2.49. The van der Waals surface area contributed by atoms with Gasteiger partial charge in [-0.25, -0.2) is 20.8 Å². The molecule has 23 heavy (non-hydrogen) atoms. The van der Waals surface area contributed by atoms with Gasteiger partial charge < -0.3 is 5.73 Å². The summed E-state index contributed by atoms with van der Waals surface area (Å²) in [4.78, 5) is 0.144. The van der Waals surface area contributed by atoms with Gasteiger partial charge in [-0.05, 0) is 30.3 Å². The van der Waals surface area contributed by atoms with Gasteiger partial charge in [-0.2, -0.15) is 0 Å². The Bertz CT molecular complexity index is 1100. The minimum absolute atomic E-state index is 0.0451. The Morgan fingerprint density at radius 2 is 1.57 bits per heavy atom. The normalized spacial score (nSPS) is 12.6. The Hall–Kier alpha value is -2.32. The highest BCUT2D eigenvalue weighted by Gasteiger charge is 2.23. The predicted octanol–water partition coefficient (Wildman–Crippen LogP) is 1.86. The Labute approximate surface area is 134 Å². The molecule has 8 heteroatoms. The second kappa shape index (κ2) is 5.10. The van der Waals surface area contributed by atoms with E-state index in [-0.39, 0.29) is 26.4 Å². The number of hydrogen-bond donors (Lipinski definition) is 1. The van der Waals surface area contributed by atoms with Crippen LogP contribution in [0, 0.1) is 0 Å². The van der Waals surface area contributed by atoms with E-state index in [1.165, 1.54) is 36.5 Å². The molecule has 0 aliphatic carbocycles. The molecular formula is C15H14N2O4S2. The fraction of sp³-hybridized carbons (Fsp3) is 0.0667. The number of rotatable bonds is 3. The summed E-state index contributed by atoms with van der Waals surface area (Å²) in [6, 6.07) is 12.1. The van der Waals surface area contributed by atoms with Crippen molar-refractivity contribution in [3.05, 3.63) is 54.7 Å². The van der Waals surface area contributed by atoms with E-state index >= 15 is 0 Å². The maximum absolute atomic E-state index is 12.8. The van der Waals surface area contributed by atoms with Crippen molar-refractivity contribution in [1.82, 2.24) is 3.97 Å². The van der Waals surface area contributed by atoms with Crippen LogP contribution in [-0.4, -0.2) is 27.1 Å². The van der Waals surface area contributed by atoms with Crippen molar-refractivity contribution in [3.63, 3.8) is 0 Å². The van der Waals surface area contributed by atoms with E-state index in [2.05, 4.69) is 0 Å². The van der Waals surface area contributed by atoms with Gasteiger partial charge in [0.15, 0.2) is 9.84 Å². The lowest BCUT2D eigenvalue weighted by Crippen LogP contribution is -2.12.